The summed E-state index contributed by atoms with van der Waals surface area (Å²) in [6.07, 6.45) is 1.66. The number of halogens is 2. The number of nitro groups is 1. The number of rotatable bonds is 10. The molecule has 0 spiro atoms. The van der Waals surface area contributed by atoms with Crippen molar-refractivity contribution >= 4 is 92.1 Å². The summed E-state index contributed by atoms with van der Waals surface area (Å²) >= 11 is 18.9. The highest BCUT2D eigenvalue weighted by molar-refractivity contribution is 8.27. The summed E-state index contributed by atoms with van der Waals surface area (Å²) < 4.78 is 6.23. The van der Waals surface area contributed by atoms with Crippen LogP contribution in [0.1, 0.15) is 19.4 Å². The number of nitrogens with one attached hydrogen (secondary N) is 1. The number of hydrogen-bond acceptors (Lipinski definition) is 8. The Kier molecular flexibility index (Phi) is 9.87. The second-order valence-electron chi connectivity index (χ2n) is 8.65. The van der Waals surface area contributed by atoms with Gasteiger partial charge in [0.25, 0.3) is 17.5 Å². The molecule has 0 aromatic heterocycles. The number of amides is 2. The molecule has 3 aromatic carbocycles. The molecule has 9 nitrogen and oxygen atoms in total. The molecule has 1 N–H and O–H groups in total. The molecule has 0 unspecified atom stereocenters. The highest BCUT2D eigenvalue weighted by Gasteiger charge is 2.34. The average molecular weight is 632 g/mol. The molecule has 0 saturated carbocycles. The fraction of sp³-hybridized carbons (Fsp3) is 0.179. The summed E-state index contributed by atoms with van der Waals surface area (Å²) in [7, 11) is 0. The highest BCUT2D eigenvalue weighted by Crippen LogP contribution is 2.40. The van der Waals surface area contributed by atoms with Gasteiger partial charge < -0.3 is 15.0 Å². The normalized spacial score (nSPS) is 14.0. The van der Waals surface area contributed by atoms with Crippen molar-refractivity contribution in [3.8, 4) is 5.75 Å². The first-order valence-electron chi connectivity index (χ1n) is 12.4. The van der Waals surface area contributed by atoms with Crippen molar-refractivity contribution in [3.63, 3.8) is 0 Å². The molecule has 13 heteroatoms. The van der Waals surface area contributed by atoms with Crippen molar-refractivity contribution in [2.75, 3.05) is 34.8 Å². The van der Waals surface area contributed by atoms with E-state index >= 15 is 0 Å². The quantitative estimate of drug-likeness (QED) is 0.109. The van der Waals surface area contributed by atoms with E-state index in [1.807, 2.05) is 26.0 Å². The van der Waals surface area contributed by atoms with Gasteiger partial charge in [-0.1, -0.05) is 53.2 Å². The van der Waals surface area contributed by atoms with E-state index in [-0.39, 0.29) is 28.9 Å². The first-order chi connectivity index (χ1) is 19.6. The fourth-order valence-corrected chi connectivity index (χ4v) is 5.84. The number of nitro benzene ring substituents is 1. The molecule has 1 aliphatic rings. The second-order valence-corrected chi connectivity index (χ2v) is 11.2. The van der Waals surface area contributed by atoms with Crippen molar-refractivity contribution in [3.05, 3.63) is 91.3 Å². The van der Waals surface area contributed by atoms with Crippen molar-refractivity contribution < 1.29 is 19.2 Å². The molecule has 212 valence electrons. The number of anilines is 3. The van der Waals surface area contributed by atoms with E-state index in [2.05, 4.69) is 10.2 Å². The van der Waals surface area contributed by atoms with Crippen LogP contribution in [0.25, 0.3) is 6.08 Å². The van der Waals surface area contributed by atoms with Crippen LogP contribution >= 0.6 is 47.2 Å². The van der Waals surface area contributed by atoms with Gasteiger partial charge in [-0.2, -0.15) is 0 Å². The molecule has 4 rings (SSSR count). The zero-order valence-corrected chi connectivity index (χ0v) is 25.1. The molecule has 1 aliphatic heterocycles. The number of thiocarbonyl (C=S) groups is 1. The summed E-state index contributed by atoms with van der Waals surface area (Å²) in [6.45, 7) is 5.19. The van der Waals surface area contributed by atoms with Crippen molar-refractivity contribution in [2.24, 2.45) is 0 Å². The van der Waals surface area contributed by atoms with Gasteiger partial charge in [-0.25, -0.2) is 0 Å². The summed E-state index contributed by atoms with van der Waals surface area (Å²) in [5.41, 5.74) is 1.99. The Balaban J connectivity index is 1.60. The fourth-order valence-electron chi connectivity index (χ4n) is 4.07. The number of benzene rings is 3. The number of carbonyl (C=O) groups is 2. The van der Waals surface area contributed by atoms with E-state index in [9.17, 15) is 19.7 Å². The first-order valence-corrected chi connectivity index (χ1v) is 14.4. The second kappa shape index (κ2) is 13.3. The molecule has 2 amide bonds. The zero-order valence-electron chi connectivity index (χ0n) is 21.9. The van der Waals surface area contributed by atoms with Crippen LogP contribution in [0.5, 0.6) is 5.75 Å². The van der Waals surface area contributed by atoms with Crippen LogP contribution < -0.4 is 19.9 Å². The molecule has 0 bridgehead atoms. The minimum atomic E-state index is -0.541. The lowest BCUT2D eigenvalue weighted by Gasteiger charge is -2.22. The van der Waals surface area contributed by atoms with E-state index < -0.39 is 10.8 Å². The molecule has 0 atom stereocenters. The third-order valence-corrected chi connectivity index (χ3v) is 7.90. The van der Waals surface area contributed by atoms with Crippen LogP contribution in [-0.4, -0.2) is 40.8 Å². The third kappa shape index (κ3) is 7.17. The Morgan fingerprint density at radius 3 is 2.59 bits per heavy atom. The summed E-state index contributed by atoms with van der Waals surface area (Å²) in [5.74, 6) is -0.488. The largest absolute Gasteiger partial charge is 0.483 e. The number of non-ortho nitro benzene ring substituents is 1. The molecule has 3 aromatic rings. The predicted molar refractivity (Wildman–Crippen MR) is 169 cm³/mol. The van der Waals surface area contributed by atoms with Gasteiger partial charge in [-0.05, 0) is 56.3 Å². The molecular formula is C28H24Cl2N4O5S2. The molecule has 41 heavy (non-hydrogen) atoms. The highest BCUT2D eigenvalue weighted by atomic mass is 35.5. The minimum Gasteiger partial charge on any atom is -0.483 e. The Morgan fingerprint density at radius 1 is 1.15 bits per heavy atom. The van der Waals surface area contributed by atoms with Crippen LogP contribution in [0.2, 0.25) is 10.0 Å². The smallest absolute Gasteiger partial charge is 0.271 e. The Morgan fingerprint density at radius 2 is 1.90 bits per heavy atom. The van der Waals surface area contributed by atoms with Crippen LogP contribution in [-0.2, 0) is 9.59 Å². The molecule has 1 fully saturated rings. The number of hydrogen-bond donors (Lipinski definition) is 1. The van der Waals surface area contributed by atoms with Gasteiger partial charge in [0.2, 0.25) is 0 Å². The van der Waals surface area contributed by atoms with Crippen molar-refractivity contribution in [1.29, 1.82) is 0 Å². The van der Waals surface area contributed by atoms with Crippen LogP contribution in [0.4, 0.5) is 22.7 Å². The molecule has 1 saturated heterocycles. The number of ether oxygens (including phenoxy) is 1. The Hall–Kier alpha value is -3.64. The van der Waals surface area contributed by atoms with Gasteiger partial charge in [-0.3, -0.25) is 24.6 Å². The van der Waals surface area contributed by atoms with E-state index in [0.29, 0.717) is 31.2 Å². The lowest BCUT2D eigenvalue weighted by atomic mass is 10.1. The Labute approximate surface area is 256 Å². The van der Waals surface area contributed by atoms with Crippen LogP contribution in [0, 0.1) is 10.1 Å². The van der Waals surface area contributed by atoms with Crippen LogP contribution in [0.15, 0.2) is 65.6 Å². The maximum absolute atomic E-state index is 13.4. The molecule has 1 heterocycles. The number of carbonyl (C=O) groups excluding carboxylic acids is 2. The van der Waals surface area contributed by atoms with E-state index in [1.54, 1.807) is 30.3 Å². The SMILES string of the molecule is CCN(CC)c1ccc(/C=C2\SC(=S)N(c3ccc(Cl)cc3Cl)C2=O)c(OCC(=O)Nc2cccc([N+](=O)[O-])c2)c1. The predicted octanol–water partition coefficient (Wildman–Crippen LogP) is 7.17. The van der Waals surface area contributed by atoms with Gasteiger partial charge in [-0.15, -0.1) is 0 Å². The topological polar surface area (TPSA) is 105 Å². The van der Waals surface area contributed by atoms with Crippen LogP contribution in [0.3, 0.4) is 0 Å². The Bertz CT molecular complexity index is 1560. The lowest BCUT2D eigenvalue weighted by Crippen LogP contribution is -2.27. The van der Waals surface area contributed by atoms with Gasteiger partial charge in [0, 0.05) is 53.2 Å². The number of nitrogens with zero attached hydrogens (tertiary/aromatic N) is 3. The maximum Gasteiger partial charge on any atom is 0.271 e. The molecule has 0 aliphatic carbocycles. The minimum absolute atomic E-state index is 0.143. The monoisotopic (exact) mass is 630 g/mol. The summed E-state index contributed by atoms with van der Waals surface area (Å²) in [4.78, 5) is 40.4. The zero-order chi connectivity index (χ0) is 29.7. The molecular weight excluding hydrogens is 607 g/mol. The first kappa shape index (κ1) is 30.3. The van der Waals surface area contributed by atoms with Gasteiger partial charge in [0.15, 0.2) is 10.9 Å². The molecule has 0 radical (unpaired) electrons. The average Bonchev–Trinajstić information content (AvgIpc) is 3.21. The van der Waals surface area contributed by atoms with E-state index in [4.69, 9.17) is 40.2 Å². The number of thioether (sulfide) groups is 1. The summed E-state index contributed by atoms with van der Waals surface area (Å²) in [6, 6.07) is 15.9. The van der Waals surface area contributed by atoms with E-state index in [1.165, 1.54) is 29.2 Å². The lowest BCUT2D eigenvalue weighted by molar-refractivity contribution is -0.384. The van der Waals surface area contributed by atoms with Crippen molar-refractivity contribution in [2.45, 2.75) is 13.8 Å². The standard InChI is InChI=1S/C28H24Cl2N4O5S2/c1-3-32(4-2)20-10-8-17(12-25-27(36)33(28(40)41-25)23-11-9-18(29)13-22(23)30)24(15-20)39-16-26(35)31-19-6-5-7-21(14-19)34(37)38/h5-15H,3-4,16H2,1-2H3,(H,31,35)/b25-12-. The van der Waals surface area contributed by atoms with Gasteiger partial charge in [0.1, 0.15) is 5.75 Å². The van der Waals surface area contributed by atoms with Gasteiger partial charge in [0.05, 0.1) is 20.5 Å². The summed E-state index contributed by atoms with van der Waals surface area (Å²) in [5, 5.41) is 14.4. The van der Waals surface area contributed by atoms with E-state index in [0.717, 1.165) is 30.5 Å². The third-order valence-electron chi connectivity index (χ3n) is 6.06. The van der Waals surface area contributed by atoms with Gasteiger partial charge >= 0.3 is 0 Å². The maximum atomic E-state index is 13.4. The van der Waals surface area contributed by atoms with Crippen molar-refractivity contribution in [1.82, 2.24) is 0 Å².